The lowest BCUT2D eigenvalue weighted by molar-refractivity contribution is -0.137. The zero-order valence-corrected chi connectivity index (χ0v) is 15.6. The number of rotatable bonds is 7. The minimum absolute atomic E-state index is 0.00655. The van der Waals surface area contributed by atoms with Gasteiger partial charge in [0.1, 0.15) is 5.75 Å². The molecule has 0 aliphatic carbocycles. The highest BCUT2D eigenvalue weighted by Gasteiger charge is 2.38. The van der Waals surface area contributed by atoms with E-state index >= 15 is 0 Å². The minimum Gasteiger partial charge on any atom is -0.497 e. The molecule has 3 rings (SSSR count). The average Bonchev–Trinajstić information content (AvgIpc) is 3.05. The van der Waals surface area contributed by atoms with E-state index < -0.39 is 11.5 Å². The number of hydrogen-bond donors (Lipinski definition) is 2. The molecule has 146 valence electrons. The van der Waals surface area contributed by atoms with E-state index in [-0.39, 0.29) is 18.2 Å². The van der Waals surface area contributed by atoms with E-state index in [1.807, 2.05) is 23.1 Å². The lowest BCUT2D eigenvalue weighted by Gasteiger charge is -2.32. The summed E-state index contributed by atoms with van der Waals surface area (Å²) in [6.45, 7) is 1.24. The number of aliphatic carboxylic acids is 1. The molecule has 0 bridgehead atoms. The van der Waals surface area contributed by atoms with Crippen molar-refractivity contribution in [2.75, 3.05) is 13.7 Å². The predicted octanol–water partition coefficient (Wildman–Crippen LogP) is 1.87. The van der Waals surface area contributed by atoms with E-state index in [0.29, 0.717) is 45.2 Å². The largest absolute Gasteiger partial charge is 0.497 e. The molecule has 1 aromatic rings. The van der Waals surface area contributed by atoms with E-state index in [2.05, 4.69) is 5.32 Å². The number of nitrogens with one attached hydrogen (secondary N) is 1. The molecule has 2 aliphatic heterocycles. The van der Waals surface area contributed by atoms with Crippen LogP contribution in [0.1, 0.15) is 49.7 Å². The van der Waals surface area contributed by atoms with Gasteiger partial charge in [-0.25, -0.2) is 0 Å². The van der Waals surface area contributed by atoms with E-state index in [4.69, 9.17) is 9.84 Å². The molecule has 1 fully saturated rings. The standard InChI is InChI=1S/C20H26N2O5/c1-27-16-3-2-15-13-22(11-7-14(15)12-16)18(24)5-9-20(10-6-19(25)26)8-4-17(23)21-20/h2-3,12H,4-11,13H2,1H3,(H,21,23)(H,25,26)/t20-/m1/s1. The Morgan fingerprint density at radius 2 is 2.00 bits per heavy atom. The first-order chi connectivity index (χ1) is 12.9. The molecule has 1 saturated heterocycles. The first-order valence-electron chi connectivity index (χ1n) is 9.37. The van der Waals surface area contributed by atoms with Gasteiger partial charge in [0, 0.05) is 37.9 Å². The summed E-state index contributed by atoms with van der Waals surface area (Å²) in [6.07, 6.45) is 2.93. The maximum absolute atomic E-state index is 12.7. The molecular formula is C20H26N2O5. The number of amides is 2. The van der Waals surface area contributed by atoms with Gasteiger partial charge < -0.3 is 20.1 Å². The second kappa shape index (κ2) is 7.98. The number of ether oxygens (including phenoxy) is 1. The van der Waals surface area contributed by atoms with Gasteiger partial charge in [0.25, 0.3) is 0 Å². The van der Waals surface area contributed by atoms with E-state index in [9.17, 15) is 14.4 Å². The Bertz CT molecular complexity index is 748. The molecule has 1 aromatic carbocycles. The van der Waals surface area contributed by atoms with Crippen molar-refractivity contribution >= 4 is 17.8 Å². The molecule has 2 aliphatic rings. The van der Waals surface area contributed by atoms with E-state index in [1.165, 1.54) is 5.56 Å². The highest BCUT2D eigenvalue weighted by Crippen LogP contribution is 2.31. The molecule has 2 N–H and O–H groups in total. The number of carbonyl (C=O) groups excluding carboxylic acids is 2. The molecule has 27 heavy (non-hydrogen) atoms. The number of hydrogen-bond acceptors (Lipinski definition) is 4. The Morgan fingerprint density at radius 1 is 1.22 bits per heavy atom. The summed E-state index contributed by atoms with van der Waals surface area (Å²) >= 11 is 0. The van der Waals surface area contributed by atoms with Crippen LogP contribution in [0.25, 0.3) is 0 Å². The maximum Gasteiger partial charge on any atom is 0.303 e. The Labute approximate surface area is 158 Å². The van der Waals surface area contributed by atoms with Crippen LogP contribution in [0.5, 0.6) is 5.75 Å². The van der Waals surface area contributed by atoms with Crippen LogP contribution in [0.4, 0.5) is 0 Å². The van der Waals surface area contributed by atoms with Gasteiger partial charge in [-0.1, -0.05) is 6.07 Å². The van der Waals surface area contributed by atoms with Crippen molar-refractivity contribution in [3.63, 3.8) is 0 Å². The average molecular weight is 374 g/mol. The van der Waals surface area contributed by atoms with Crippen molar-refractivity contribution < 1.29 is 24.2 Å². The van der Waals surface area contributed by atoms with Crippen molar-refractivity contribution in [3.8, 4) is 5.75 Å². The van der Waals surface area contributed by atoms with Crippen molar-refractivity contribution in [2.24, 2.45) is 0 Å². The summed E-state index contributed by atoms with van der Waals surface area (Å²) in [6, 6.07) is 5.92. The van der Waals surface area contributed by atoms with Crippen LogP contribution in [0, 0.1) is 0 Å². The zero-order valence-electron chi connectivity index (χ0n) is 15.6. The van der Waals surface area contributed by atoms with Crippen LogP contribution >= 0.6 is 0 Å². The maximum atomic E-state index is 12.7. The van der Waals surface area contributed by atoms with Gasteiger partial charge in [0.2, 0.25) is 11.8 Å². The molecule has 0 aromatic heterocycles. The van der Waals surface area contributed by atoms with Crippen molar-refractivity contribution in [3.05, 3.63) is 29.3 Å². The number of carboxylic acid groups (broad SMARTS) is 1. The third-order valence-electron chi connectivity index (χ3n) is 5.65. The van der Waals surface area contributed by atoms with Gasteiger partial charge in [0.05, 0.1) is 7.11 Å². The Kier molecular flexibility index (Phi) is 5.68. The zero-order chi connectivity index (χ0) is 19.4. The van der Waals surface area contributed by atoms with Crippen molar-refractivity contribution in [1.29, 1.82) is 0 Å². The summed E-state index contributed by atoms with van der Waals surface area (Å²) in [5.41, 5.74) is 1.77. The van der Waals surface area contributed by atoms with Gasteiger partial charge in [0.15, 0.2) is 0 Å². The normalized spacial score (nSPS) is 21.5. The van der Waals surface area contributed by atoms with E-state index in [1.54, 1.807) is 7.11 Å². The highest BCUT2D eigenvalue weighted by atomic mass is 16.5. The van der Waals surface area contributed by atoms with Crippen LogP contribution in [0.15, 0.2) is 18.2 Å². The lowest BCUT2D eigenvalue weighted by Crippen LogP contribution is -2.44. The molecular weight excluding hydrogens is 348 g/mol. The van der Waals surface area contributed by atoms with Crippen LogP contribution in [-0.2, 0) is 27.3 Å². The molecule has 2 heterocycles. The highest BCUT2D eigenvalue weighted by molar-refractivity contribution is 5.80. The molecule has 0 saturated carbocycles. The summed E-state index contributed by atoms with van der Waals surface area (Å²) in [5, 5.41) is 11.9. The first kappa shape index (κ1) is 19.2. The fraction of sp³-hybridized carbons (Fsp3) is 0.550. The number of fused-ring (bicyclic) bond motifs is 1. The molecule has 0 spiro atoms. The van der Waals surface area contributed by atoms with Crippen LogP contribution in [-0.4, -0.2) is 47.0 Å². The molecule has 0 unspecified atom stereocenters. The lowest BCUT2D eigenvalue weighted by atomic mass is 9.86. The number of benzene rings is 1. The number of carboxylic acids is 1. The minimum atomic E-state index is -0.884. The molecule has 7 heteroatoms. The van der Waals surface area contributed by atoms with Gasteiger partial charge in [-0.15, -0.1) is 0 Å². The SMILES string of the molecule is COc1ccc2c(c1)CCN(C(=O)CC[C@@]1(CCC(=O)O)CCC(=O)N1)C2. The van der Waals surface area contributed by atoms with Gasteiger partial charge in [-0.2, -0.15) is 0 Å². The number of nitrogens with zero attached hydrogens (tertiary/aromatic N) is 1. The molecule has 2 amide bonds. The number of methoxy groups -OCH3 is 1. The van der Waals surface area contributed by atoms with E-state index in [0.717, 1.165) is 17.7 Å². The predicted molar refractivity (Wildman–Crippen MR) is 98.3 cm³/mol. The topological polar surface area (TPSA) is 95.9 Å². The third-order valence-corrected chi connectivity index (χ3v) is 5.65. The quantitative estimate of drug-likeness (QED) is 0.760. The Balaban J connectivity index is 1.59. The van der Waals surface area contributed by atoms with Crippen molar-refractivity contribution in [2.45, 2.75) is 57.0 Å². The fourth-order valence-electron chi connectivity index (χ4n) is 3.99. The summed E-state index contributed by atoms with van der Waals surface area (Å²) in [4.78, 5) is 37.2. The monoisotopic (exact) mass is 374 g/mol. The third kappa shape index (κ3) is 4.59. The van der Waals surface area contributed by atoms with Crippen LogP contribution in [0.3, 0.4) is 0 Å². The Morgan fingerprint density at radius 3 is 2.67 bits per heavy atom. The van der Waals surface area contributed by atoms with Gasteiger partial charge >= 0.3 is 5.97 Å². The molecule has 0 radical (unpaired) electrons. The first-order valence-corrected chi connectivity index (χ1v) is 9.37. The van der Waals surface area contributed by atoms with Crippen LogP contribution < -0.4 is 10.1 Å². The van der Waals surface area contributed by atoms with Crippen molar-refractivity contribution in [1.82, 2.24) is 10.2 Å². The summed E-state index contributed by atoms with van der Waals surface area (Å²) in [5.74, 6) is -0.0724. The van der Waals surface area contributed by atoms with Gasteiger partial charge in [-0.3, -0.25) is 14.4 Å². The molecule has 7 nitrogen and oxygen atoms in total. The second-order valence-electron chi connectivity index (χ2n) is 7.42. The summed E-state index contributed by atoms with van der Waals surface area (Å²) < 4.78 is 5.25. The second-order valence-corrected chi connectivity index (χ2v) is 7.42. The Hall–Kier alpha value is -2.57. The number of carbonyl (C=O) groups is 3. The summed E-state index contributed by atoms with van der Waals surface area (Å²) in [7, 11) is 1.64. The smallest absolute Gasteiger partial charge is 0.303 e. The van der Waals surface area contributed by atoms with Crippen LogP contribution in [0.2, 0.25) is 0 Å². The van der Waals surface area contributed by atoms with Gasteiger partial charge in [-0.05, 0) is 48.9 Å². The fourth-order valence-corrected chi connectivity index (χ4v) is 3.99. The molecule has 1 atom stereocenters.